The number of hydrogen-bond acceptors (Lipinski definition) is 6. The zero-order valence-corrected chi connectivity index (χ0v) is 21.8. The number of rotatable bonds is 9. The van der Waals surface area contributed by atoms with Crippen LogP contribution in [0.5, 0.6) is 5.75 Å². The number of aromatic nitrogens is 1. The molecular formula is C29H38N4O3. The number of phenolic OH excluding ortho intramolecular Hbond substituents is 1. The minimum Gasteiger partial charge on any atom is -0.506 e. The molecule has 7 nitrogen and oxygen atoms in total. The predicted molar refractivity (Wildman–Crippen MR) is 145 cm³/mol. The van der Waals surface area contributed by atoms with E-state index in [0.717, 1.165) is 16.7 Å². The van der Waals surface area contributed by atoms with E-state index in [4.69, 9.17) is 5.73 Å². The molecule has 192 valence electrons. The molecule has 1 atom stereocenters. The first-order valence-electron chi connectivity index (χ1n) is 12.2. The number of nitrogens with two attached hydrogens (primary N) is 1. The molecule has 0 radical (unpaired) electrons. The van der Waals surface area contributed by atoms with Crippen LogP contribution in [-0.4, -0.2) is 33.2 Å². The summed E-state index contributed by atoms with van der Waals surface area (Å²) in [5.41, 5.74) is 9.37. The maximum atomic E-state index is 12.7. The number of amides is 1. The zero-order valence-electron chi connectivity index (χ0n) is 21.8. The number of aliphatic hydroxyl groups is 1. The monoisotopic (exact) mass is 490 g/mol. The van der Waals surface area contributed by atoms with E-state index in [1.54, 1.807) is 24.4 Å². The van der Waals surface area contributed by atoms with Crippen LogP contribution in [0.1, 0.15) is 63.0 Å². The summed E-state index contributed by atoms with van der Waals surface area (Å²) in [6.07, 6.45) is 1.80. The van der Waals surface area contributed by atoms with Crippen LogP contribution < -0.4 is 16.4 Å². The van der Waals surface area contributed by atoms with Gasteiger partial charge in [0.2, 0.25) is 5.91 Å². The van der Waals surface area contributed by atoms with Crippen LogP contribution in [-0.2, 0) is 23.1 Å². The highest BCUT2D eigenvalue weighted by molar-refractivity contribution is 5.93. The number of hydrogen-bond donors (Lipinski definition) is 5. The van der Waals surface area contributed by atoms with Crippen LogP contribution in [0, 0.1) is 0 Å². The van der Waals surface area contributed by atoms with Gasteiger partial charge in [-0.2, -0.15) is 0 Å². The van der Waals surface area contributed by atoms with Gasteiger partial charge in [0.15, 0.2) is 0 Å². The number of nitrogens with one attached hydrogen (secondary N) is 2. The average Bonchev–Trinajstić information content (AvgIpc) is 2.78. The van der Waals surface area contributed by atoms with Crippen LogP contribution in [0.25, 0.3) is 0 Å². The molecule has 3 aromatic rings. The summed E-state index contributed by atoms with van der Waals surface area (Å²) in [6.45, 7) is 10.8. The van der Waals surface area contributed by atoms with Crippen molar-refractivity contribution in [1.29, 1.82) is 0 Å². The van der Waals surface area contributed by atoms with Gasteiger partial charge in [0.25, 0.3) is 0 Å². The number of pyridine rings is 1. The third-order valence-electron chi connectivity index (χ3n) is 6.11. The van der Waals surface area contributed by atoms with Gasteiger partial charge in [-0.15, -0.1) is 0 Å². The fraction of sp³-hybridized carbons (Fsp3) is 0.379. The zero-order chi connectivity index (χ0) is 26.5. The summed E-state index contributed by atoms with van der Waals surface area (Å²) in [5, 5.41) is 27.0. The summed E-state index contributed by atoms with van der Waals surface area (Å²) < 4.78 is 0. The van der Waals surface area contributed by atoms with Gasteiger partial charge in [-0.05, 0) is 60.6 Å². The van der Waals surface area contributed by atoms with Crippen molar-refractivity contribution in [3.63, 3.8) is 0 Å². The largest absolute Gasteiger partial charge is 0.506 e. The first-order valence-corrected chi connectivity index (χ1v) is 12.2. The van der Waals surface area contributed by atoms with E-state index in [0.29, 0.717) is 30.0 Å². The molecule has 6 N–H and O–H groups in total. The Morgan fingerprint density at radius 2 is 1.75 bits per heavy atom. The SMILES string of the molecule is CC(C)(Cc1cccc(CC(=O)Nc2cc(C(C)(C)C)ccc2O)c1)NC[C@H](O)c1ccc(N)nc1. The van der Waals surface area contributed by atoms with Gasteiger partial charge in [0.1, 0.15) is 11.6 Å². The molecule has 0 saturated heterocycles. The number of aliphatic hydroxyl groups excluding tert-OH is 1. The number of phenols is 1. The second-order valence-electron chi connectivity index (χ2n) is 11.0. The summed E-state index contributed by atoms with van der Waals surface area (Å²) in [4.78, 5) is 16.8. The van der Waals surface area contributed by atoms with E-state index in [1.165, 1.54) is 0 Å². The predicted octanol–water partition coefficient (Wildman–Crippen LogP) is 4.49. The number of β-amino-alcohol motifs (C(OH)–C–C–N with tert-alkyl or cyclic N) is 1. The Labute approximate surface area is 213 Å². The van der Waals surface area contributed by atoms with Crippen LogP contribution in [0.2, 0.25) is 0 Å². The van der Waals surface area contributed by atoms with Crippen molar-refractivity contribution in [1.82, 2.24) is 10.3 Å². The Morgan fingerprint density at radius 1 is 1.03 bits per heavy atom. The second kappa shape index (κ2) is 11.1. The smallest absolute Gasteiger partial charge is 0.228 e. The lowest BCUT2D eigenvalue weighted by Gasteiger charge is -2.28. The molecule has 7 heteroatoms. The first kappa shape index (κ1) is 27.2. The number of nitrogens with zero attached hydrogens (tertiary/aromatic N) is 1. The Kier molecular flexibility index (Phi) is 8.38. The Bertz CT molecular complexity index is 1180. The lowest BCUT2D eigenvalue weighted by molar-refractivity contribution is -0.115. The second-order valence-corrected chi connectivity index (χ2v) is 11.0. The molecule has 0 bridgehead atoms. The molecule has 1 aromatic heterocycles. The molecular weight excluding hydrogens is 452 g/mol. The van der Waals surface area contributed by atoms with E-state index in [-0.39, 0.29) is 29.0 Å². The quantitative estimate of drug-likeness (QED) is 0.282. The van der Waals surface area contributed by atoms with Gasteiger partial charge in [0, 0.05) is 23.8 Å². The highest BCUT2D eigenvalue weighted by Crippen LogP contribution is 2.30. The maximum Gasteiger partial charge on any atom is 0.228 e. The Morgan fingerprint density at radius 3 is 2.42 bits per heavy atom. The van der Waals surface area contributed by atoms with Crippen LogP contribution in [0.3, 0.4) is 0 Å². The van der Waals surface area contributed by atoms with E-state index in [2.05, 4.69) is 50.2 Å². The fourth-order valence-corrected chi connectivity index (χ4v) is 4.01. The van der Waals surface area contributed by atoms with Crippen LogP contribution >= 0.6 is 0 Å². The van der Waals surface area contributed by atoms with Gasteiger partial charge in [-0.3, -0.25) is 4.79 Å². The normalized spacial score (nSPS) is 12.8. The summed E-state index contributed by atoms with van der Waals surface area (Å²) in [7, 11) is 0. The standard InChI is InChI=1S/C29H38N4O3/c1-28(2,3)22-10-11-24(34)23(15-22)33-27(36)14-19-7-6-8-20(13-19)16-29(4,5)32-18-25(35)21-9-12-26(30)31-17-21/h6-13,15,17,25,32,34-35H,14,16,18H2,1-5H3,(H2,30,31)(H,33,36)/t25-/m0/s1. The molecule has 36 heavy (non-hydrogen) atoms. The highest BCUT2D eigenvalue weighted by atomic mass is 16.3. The minimum absolute atomic E-state index is 0.0508. The van der Waals surface area contributed by atoms with Crippen molar-refractivity contribution in [2.45, 2.75) is 64.5 Å². The lowest BCUT2D eigenvalue weighted by atomic mass is 9.87. The van der Waals surface area contributed by atoms with Crippen LogP contribution in [0.4, 0.5) is 11.5 Å². The third kappa shape index (κ3) is 7.80. The number of carbonyl (C=O) groups excluding carboxylic acids is 1. The molecule has 0 spiro atoms. The number of nitrogen functional groups attached to an aromatic ring is 1. The van der Waals surface area contributed by atoms with Crippen molar-refractivity contribution in [3.05, 3.63) is 83.0 Å². The first-order chi connectivity index (χ1) is 16.8. The lowest BCUT2D eigenvalue weighted by Crippen LogP contribution is -2.43. The number of anilines is 2. The van der Waals surface area contributed by atoms with Crippen molar-refractivity contribution in [3.8, 4) is 5.75 Å². The highest BCUT2D eigenvalue weighted by Gasteiger charge is 2.21. The summed E-state index contributed by atoms with van der Waals surface area (Å²) in [6, 6.07) is 16.7. The minimum atomic E-state index is -0.694. The molecule has 1 amide bonds. The molecule has 0 aliphatic heterocycles. The summed E-state index contributed by atoms with van der Waals surface area (Å²) in [5.74, 6) is 0.281. The molecule has 0 fully saturated rings. The van der Waals surface area contributed by atoms with Gasteiger partial charge in [-0.1, -0.05) is 57.2 Å². The number of aromatic hydroxyl groups is 1. The topological polar surface area (TPSA) is 120 Å². The number of carbonyl (C=O) groups is 1. The van der Waals surface area contributed by atoms with Crippen molar-refractivity contribution in [2.75, 3.05) is 17.6 Å². The van der Waals surface area contributed by atoms with Gasteiger partial charge in [-0.25, -0.2) is 4.98 Å². The molecule has 0 aliphatic carbocycles. The van der Waals surface area contributed by atoms with E-state index >= 15 is 0 Å². The molecule has 0 unspecified atom stereocenters. The molecule has 1 heterocycles. The van der Waals surface area contributed by atoms with Crippen molar-refractivity contribution in [2.24, 2.45) is 0 Å². The maximum absolute atomic E-state index is 12.7. The van der Waals surface area contributed by atoms with Crippen LogP contribution in [0.15, 0.2) is 60.8 Å². The van der Waals surface area contributed by atoms with E-state index in [1.807, 2.05) is 36.4 Å². The van der Waals surface area contributed by atoms with Gasteiger partial charge < -0.3 is 26.6 Å². The fourth-order valence-electron chi connectivity index (χ4n) is 4.01. The average molecular weight is 491 g/mol. The van der Waals surface area contributed by atoms with E-state index in [9.17, 15) is 15.0 Å². The van der Waals surface area contributed by atoms with Gasteiger partial charge >= 0.3 is 0 Å². The molecule has 3 rings (SSSR count). The Hall–Kier alpha value is -3.42. The van der Waals surface area contributed by atoms with E-state index < -0.39 is 6.10 Å². The van der Waals surface area contributed by atoms with Crippen molar-refractivity contribution < 1.29 is 15.0 Å². The number of benzene rings is 2. The molecule has 0 saturated carbocycles. The molecule has 2 aromatic carbocycles. The third-order valence-corrected chi connectivity index (χ3v) is 6.11. The van der Waals surface area contributed by atoms with Gasteiger partial charge in [0.05, 0.1) is 18.2 Å². The molecule has 0 aliphatic rings. The summed E-state index contributed by atoms with van der Waals surface area (Å²) >= 11 is 0. The Balaban J connectivity index is 1.59. The van der Waals surface area contributed by atoms with Crippen molar-refractivity contribution >= 4 is 17.4 Å².